The van der Waals surface area contributed by atoms with E-state index in [2.05, 4.69) is 10.3 Å². The van der Waals surface area contributed by atoms with Gasteiger partial charge in [0.2, 0.25) is 0 Å². The molecule has 0 aliphatic heterocycles. The predicted octanol–water partition coefficient (Wildman–Crippen LogP) is 6.21. The van der Waals surface area contributed by atoms with Gasteiger partial charge >= 0.3 is 0 Å². The van der Waals surface area contributed by atoms with E-state index in [1.807, 2.05) is 79.7 Å². The highest BCUT2D eigenvalue weighted by Crippen LogP contribution is 2.34. The number of hydrogen-bond donors (Lipinski definition) is 1. The summed E-state index contributed by atoms with van der Waals surface area (Å²) in [6.07, 6.45) is 0. The summed E-state index contributed by atoms with van der Waals surface area (Å²) in [5.74, 6) is 0.578. The first-order chi connectivity index (χ1) is 15.1. The molecule has 3 aromatic carbocycles. The van der Waals surface area contributed by atoms with Crippen molar-refractivity contribution in [1.29, 1.82) is 0 Å². The molecule has 1 N–H and O–H groups in total. The predicted molar refractivity (Wildman–Crippen MR) is 128 cm³/mol. The molecule has 2 heterocycles. The van der Waals surface area contributed by atoms with Crippen LogP contribution in [0.2, 0.25) is 5.02 Å². The van der Waals surface area contributed by atoms with Gasteiger partial charge in [-0.15, -0.1) is 0 Å². The molecule has 5 nitrogen and oxygen atoms in total. The highest BCUT2D eigenvalue weighted by Gasteiger charge is 2.19. The van der Waals surface area contributed by atoms with Crippen LogP contribution in [0.25, 0.3) is 27.3 Å². The van der Waals surface area contributed by atoms with Gasteiger partial charge in [-0.2, -0.15) is 0 Å². The van der Waals surface area contributed by atoms with Crippen molar-refractivity contribution < 1.29 is 0 Å². The monoisotopic (exact) mass is 444 g/mol. The Hall–Kier alpha value is -3.48. The average molecular weight is 445 g/mol. The molecular formula is C24H17ClN4OS. The average Bonchev–Trinajstić information content (AvgIpc) is 3.15. The van der Waals surface area contributed by atoms with Crippen molar-refractivity contribution in [2.75, 3.05) is 5.32 Å². The first-order valence-electron chi connectivity index (χ1n) is 9.68. The number of fused-ring (bicyclic) bond motifs is 1. The van der Waals surface area contributed by atoms with Crippen LogP contribution in [-0.4, -0.2) is 14.5 Å². The highest BCUT2D eigenvalue weighted by atomic mass is 35.5. The second-order valence-corrected chi connectivity index (χ2v) is 8.43. The Balaban J connectivity index is 1.69. The molecule has 0 atom stereocenters. The topological polar surface area (TPSA) is 59.8 Å². The maximum absolute atomic E-state index is 13.4. The second kappa shape index (κ2) is 7.98. The van der Waals surface area contributed by atoms with Crippen molar-refractivity contribution in [3.63, 3.8) is 0 Å². The van der Waals surface area contributed by atoms with Gasteiger partial charge < -0.3 is 5.32 Å². The van der Waals surface area contributed by atoms with Gasteiger partial charge in [-0.25, -0.2) is 9.97 Å². The minimum absolute atomic E-state index is 0.105. The summed E-state index contributed by atoms with van der Waals surface area (Å²) in [5.41, 5.74) is 3.01. The standard InChI is InChI=1S/C24H17ClN4OS/c1-15-21(31-24(26-15)27-17-13-11-16(25)12-14-17)22-28-20-10-6-5-9-19(20)23(30)29(22)18-7-3-2-4-8-18/h2-14H,1H3,(H,26,27). The van der Waals surface area contributed by atoms with Crippen LogP contribution in [0, 0.1) is 6.92 Å². The van der Waals surface area contributed by atoms with E-state index >= 15 is 0 Å². The zero-order chi connectivity index (χ0) is 21.4. The number of hydrogen-bond acceptors (Lipinski definition) is 5. The molecule has 0 saturated carbocycles. The Labute approximate surface area is 187 Å². The minimum atomic E-state index is -0.105. The molecule has 0 saturated heterocycles. The van der Waals surface area contributed by atoms with Gasteiger partial charge in [-0.3, -0.25) is 9.36 Å². The molecule has 5 aromatic rings. The molecule has 0 radical (unpaired) electrons. The number of nitrogens with one attached hydrogen (secondary N) is 1. The maximum Gasteiger partial charge on any atom is 0.266 e. The van der Waals surface area contributed by atoms with Gasteiger partial charge in [0.1, 0.15) is 0 Å². The lowest BCUT2D eigenvalue weighted by Gasteiger charge is -2.13. The number of nitrogens with zero attached hydrogens (tertiary/aromatic N) is 3. The van der Waals surface area contributed by atoms with E-state index in [0.717, 1.165) is 27.1 Å². The van der Waals surface area contributed by atoms with Crippen LogP contribution in [0.1, 0.15) is 5.69 Å². The number of aromatic nitrogens is 3. The van der Waals surface area contributed by atoms with Gasteiger partial charge in [0, 0.05) is 10.7 Å². The first kappa shape index (κ1) is 19.5. The molecule has 0 spiro atoms. The summed E-state index contributed by atoms with van der Waals surface area (Å²) < 4.78 is 1.66. The number of rotatable bonds is 4. The van der Waals surface area contributed by atoms with Crippen molar-refractivity contribution in [2.24, 2.45) is 0 Å². The molecule has 31 heavy (non-hydrogen) atoms. The van der Waals surface area contributed by atoms with E-state index in [0.29, 0.717) is 21.7 Å². The van der Waals surface area contributed by atoms with E-state index < -0.39 is 0 Å². The largest absolute Gasteiger partial charge is 0.332 e. The molecule has 0 bridgehead atoms. The van der Waals surface area contributed by atoms with Crippen LogP contribution in [0.3, 0.4) is 0 Å². The Morgan fingerprint density at radius 2 is 1.61 bits per heavy atom. The zero-order valence-electron chi connectivity index (χ0n) is 16.5. The Kier molecular flexibility index (Phi) is 5.02. The fourth-order valence-electron chi connectivity index (χ4n) is 3.42. The Morgan fingerprint density at radius 3 is 2.39 bits per heavy atom. The van der Waals surface area contributed by atoms with E-state index in [-0.39, 0.29) is 5.56 Å². The van der Waals surface area contributed by atoms with E-state index in [1.54, 1.807) is 10.6 Å². The number of benzene rings is 3. The van der Waals surface area contributed by atoms with Crippen LogP contribution in [0.5, 0.6) is 0 Å². The van der Waals surface area contributed by atoms with Gasteiger partial charge in [0.25, 0.3) is 5.56 Å². The number of halogens is 1. The summed E-state index contributed by atoms with van der Waals surface area (Å²) in [5, 5.41) is 5.28. The molecular weight excluding hydrogens is 428 g/mol. The second-order valence-electron chi connectivity index (χ2n) is 6.99. The third-order valence-corrected chi connectivity index (χ3v) is 6.21. The molecule has 0 aliphatic carbocycles. The SMILES string of the molecule is Cc1nc(Nc2ccc(Cl)cc2)sc1-c1nc2ccccc2c(=O)n1-c1ccccc1. The maximum atomic E-state index is 13.4. The molecule has 7 heteroatoms. The van der Waals surface area contributed by atoms with Crippen LogP contribution < -0.4 is 10.9 Å². The summed E-state index contributed by atoms with van der Waals surface area (Å²) >= 11 is 7.44. The Morgan fingerprint density at radius 1 is 0.903 bits per heavy atom. The molecule has 2 aromatic heterocycles. The summed E-state index contributed by atoms with van der Waals surface area (Å²) in [7, 11) is 0. The number of para-hydroxylation sites is 2. The van der Waals surface area contributed by atoms with E-state index in [4.69, 9.17) is 16.6 Å². The molecule has 152 valence electrons. The van der Waals surface area contributed by atoms with Gasteiger partial charge in [0.05, 0.1) is 27.2 Å². The first-order valence-corrected chi connectivity index (χ1v) is 10.9. The van der Waals surface area contributed by atoms with Crippen LogP contribution in [0.4, 0.5) is 10.8 Å². The molecule has 0 unspecified atom stereocenters. The highest BCUT2D eigenvalue weighted by molar-refractivity contribution is 7.19. The Bertz CT molecular complexity index is 1440. The van der Waals surface area contributed by atoms with Gasteiger partial charge in [-0.05, 0) is 55.5 Å². The number of anilines is 2. The minimum Gasteiger partial charge on any atom is -0.332 e. The lowest BCUT2D eigenvalue weighted by atomic mass is 10.2. The third-order valence-electron chi connectivity index (χ3n) is 4.89. The lowest BCUT2D eigenvalue weighted by molar-refractivity contribution is 0.976. The van der Waals surface area contributed by atoms with Gasteiger partial charge in [0.15, 0.2) is 11.0 Å². The fraction of sp³-hybridized carbons (Fsp3) is 0.0417. The van der Waals surface area contributed by atoms with E-state index in [9.17, 15) is 4.79 Å². The van der Waals surface area contributed by atoms with Crippen LogP contribution in [0.15, 0.2) is 83.7 Å². The van der Waals surface area contributed by atoms with Crippen molar-refractivity contribution in [1.82, 2.24) is 14.5 Å². The molecule has 0 aliphatic rings. The summed E-state index contributed by atoms with van der Waals surface area (Å²) in [6.45, 7) is 1.93. The van der Waals surface area contributed by atoms with Crippen LogP contribution >= 0.6 is 22.9 Å². The third kappa shape index (κ3) is 3.71. The number of aryl methyl sites for hydroxylation is 1. The molecule has 5 rings (SSSR count). The van der Waals surface area contributed by atoms with Crippen LogP contribution in [-0.2, 0) is 0 Å². The normalized spacial score (nSPS) is 11.0. The fourth-order valence-corrected chi connectivity index (χ4v) is 4.51. The molecule has 0 fully saturated rings. The van der Waals surface area contributed by atoms with Crippen molar-refractivity contribution in [3.8, 4) is 16.4 Å². The summed E-state index contributed by atoms with van der Waals surface area (Å²) in [4.78, 5) is 23.8. The van der Waals surface area contributed by atoms with Crippen molar-refractivity contribution in [2.45, 2.75) is 6.92 Å². The lowest BCUT2D eigenvalue weighted by Crippen LogP contribution is -2.21. The van der Waals surface area contributed by atoms with Gasteiger partial charge in [-0.1, -0.05) is 53.3 Å². The van der Waals surface area contributed by atoms with E-state index in [1.165, 1.54) is 11.3 Å². The number of thiazole rings is 1. The smallest absolute Gasteiger partial charge is 0.266 e. The molecule has 0 amide bonds. The zero-order valence-corrected chi connectivity index (χ0v) is 18.1. The van der Waals surface area contributed by atoms with Crippen molar-refractivity contribution in [3.05, 3.63) is 99.9 Å². The quantitative estimate of drug-likeness (QED) is 0.357. The summed E-state index contributed by atoms with van der Waals surface area (Å²) in [6, 6.07) is 24.4. The van der Waals surface area contributed by atoms with Crippen molar-refractivity contribution >= 4 is 44.7 Å².